The molecule has 2 heterocycles. The van der Waals surface area contributed by atoms with E-state index in [0.717, 1.165) is 44.9 Å². The minimum Gasteiger partial charge on any atom is -0.481 e. The molecule has 2 saturated heterocycles. The van der Waals surface area contributed by atoms with Crippen LogP contribution in [0.1, 0.15) is 78.6 Å². The van der Waals surface area contributed by atoms with E-state index < -0.39 is 11.4 Å². The number of aliphatic carboxylic acids is 1. The average molecular weight is 437 g/mol. The summed E-state index contributed by atoms with van der Waals surface area (Å²) >= 11 is 0. The van der Waals surface area contributed by atoms with Crippen LogP contribution >= 0.6 is 0 Å². The van der Waals surface area contributed by atoms with Gasteiger partial charge in [0.15, 0.2) is 0 Å². The van der Waals surface area contributed by atoms with Gasteiger partial charge in [-0.3, -0.25) is 14.4 Å². The second-order valence-electron chi connectivity index (χ2n) is 9.41. The SMILES string of the molecule is CCCCCNC(=O)C(C)(C)C(=O)NC[C@H]1[C@@H](C/C=C\CCCC(=O)O)[C@H]2CC[C@@H]1O2. The highest BCUT2D eigenvalue weighted by Gasteiger charge is 2.48. The molecule has 31 heavy (non-hydrogen) atoms. The maximum absolute atomic E-state index is 12.8. The first-order chi connectivity index (χ1) is 14.8. The fourth-order valence-electron chi connectivity index (χ4n) is 4.55. The molecule has 2 bridgehead atoms. The van der Waals surface area contributed by atoms with Gasteiger partial charge in [0, 0.05) is 25.4 Å². The molecule has 3 N–H and O–H groups in total. The Balaban J connectivity index is 1.81. The molecule has 0 aromatic carbocycles. The van der Waals surface area contributed by atoms with Gasteiger partial charge in [0.2, 0.25) is 11.8 Å². The van der Waals surface area contributed by atoms with Crippen LogP contribution in [-0.2, 0) is 19.1 Å². The molecule has 2 aliphatic heterocycles. The van der Waals surface area contributed by atoms with Gasteiger partial charge in [-0.15, -0.1) is 0 Å². The molecule has 2 amide bonds. The number of amides is 2. The number of carbonyl (C=O) groups excluding carboxylic acids is 2. The lowest BCUT2D eigenvalue weighted by molar-refractivity contribution is -0.141. The fourth-order valence-corrected chi connectivity index (χ4v) is 4.55. The normalized spacial score (nSPS) is 25.1. The maximum Gasteiger partial charge on any atom is 0.303 e. The van der Waals surface area contributed by atoms with Crippen molar-refractivity contribution < 1.29 is 24.2 Å². The molecule has 7 heteroatoms. The van der Waals surface area contributed by atoms with E-state index in [0.29, 0.717) is 25.4 Å². The lowest BCUT2D eigenvalue weighted by Gasteiger charge is -2.29. The maximum atomic E-state index is 12.8. The number of carbonyl (C=O) groups is 3. The molecule has 0 unspecified atom stereocenters. The molecule has 0 saturated carbocycles. The number of carboxylic acids is 1. The Morgan fingerprint density at radius 2 is 1.68 bits per heavy atom. The molecule has 2 aliphatic rings. The van der Waals surface area contributed by atoms with Crippen LogP contribution in [0.3, 0.4) is 0 Å². The van der Waals surface area contributed by atoms with Crippen LogP contribution in [0.15, 0.2) is 12.2 Å². The summed E-state index contributed by atoms with van der Waals surface area (Å²) in [4.78, 5) is 35.9. The number of ether oxygens (including phenoxy) is 1. The van der Waals surface area contributed by atoms with E-state index in [-0.39, 0.29) is 36.4 Å². The number of rotatable bonds is 14. The Bertz CT molecular complexity index is 646. The summed E-state index contributed by atoms with van der Waals surface area (Å²) in [5.74, 6) is -0.642. The summed E-state index contributed by atoms with van der Waals surface area (Å²) in [5.41, 5.74) is -1.11. The van der Waals surface area contributed by atoms with E-state index in [1.165, 1.54) is 0 Å². The monoisotopic (exact) mass is 436 g/mol. The molecule has 0 aromatic rings. The Morgan fingerprint density at radius 3 is 2.35 bits per heavy atom. The second kappa shape index (κ2) is 12.2. The van der Waals surface area contributed by atoms with E-state index in [4.69, 9.17) is 9.84 Å². The van der Waals surface area contributed by atoms with Crippen molar-refractivity contribution in [3.8, 4) is 0 Å². The number of hydrogen-bond acceptors (Lipinski definition) is 4. The van der Waals surface area contributed by atoms with Gasteiger partial charge in [-0.25, -0.2) is 0 Å². The average Bonchev–Trinajstić information content (AvgIpc) is 3.33. The van der Waals surface area contributed by atoms with Gasteiger partial charge in [-0.1, -0.05) is 31.9 Å². The molecule has 0 aromatic heterocycles. The highest BCUT2D eigenvalue weighted by atomic mass is 16.5. The first-order valence-electron chi connectivity index (χ1n) is 11.9. The predicted molar refractivity (Wildman–Crippen MR) is 119 cm³/mol. The molecule has 7 nitrogen and oxygen atoms in total. The minimum absolute atomic E-state index is 0.168. The summed E-state index contributed by atoms with van der Waals surface area (Å²) in [6.07, 6.45) is 12.2. The molecular formula is C24H40N2O5. The van der Waals surface area contributed by atoms with Crippen LogP contribution in [0.5, 0.6) is 0 Å². The third-order valence-corrected chi connectivity index (χ3v) is 6.63. The highest BCUT2D eigenvalue weighted by Crippen LogP contribution is 2.45. The molecule has 0 spiro atoms. The number of carboxylic acid groups (broad SMARTS) is 1. The van der Waals surface area contributed by atoms with Gasteiger partial charge in [0.1, 0.15) is 5.41 Å². The Morgan fingerprint density at radius 1 is 1.00 bits per heavy atom. The third kappa shape index (κ3) is 7.34. The van der Waals surface area contributed by atoms with E-state index >= 15 is 0 Å². The van der Waals surface area contributed by atoms with Crippen LogP contribution in [0.25, 0.3) is 0 Å². The van der Waals surface area contributed by atoms with E-state index in [1.54, 1.807) is 13.8 Å². The van der Waals surface area contributed by atoms with Crippen molar-refractivity contribution in [2.45, 2.75) is 90.8 Å². The second-order valence-corrected chi connectivity index (χ2v) is 9.41. The van der Waals surface area contributed by atoms with Crippen molar-refractivity contribution in [1.82, 2.24) is 10.6 Å². The van der Waals surface area contributed by atoms with E-state index in [9.17, 15) is 14.4 Å². The van der Waals surface area contributed by atoms with Crippen molar-refractivity contribution in [2.75, 3.05) is 13.1 Å². The van der Waals surface area contributed by atoms with Gasteiger partial charge in [0.25, 0.3) is 0 Å². The van der Waals surface area contributed by atoms with Crippen LogP contribution in [0.2, 0.25) is 0 Å². The van der Waals surface area contributed by atoms with Gasteiger partial charge in [0.05, 0.1) is 12.2 Å². The first kappa shape index (κ1) is 25.4. The van der Waals surface area contributed by atoms with Gasteiger partial charge in [-0.05, 0) is 58.3 Å². The van der Waals surface area contributed by atoms with Crippen LogP contribution in [-0.4, -0.2) is 48.2 Å². The molecule has 2 fully saturated rings. The van der Waals surface area contributed by atoms with Crippen LogP contribution in [0.4, 0.5) is 0 Å². The number of fused-ring (bicyclic) bond motifs is 2. The molecule has 2 rings (SSSR count). The van der Waals surface area contributed by atoms with Crippen molar-refractivity contribution >= 4 is 17.8 Å². The largest absolute Gasteiger partial charge is 0.481 e. The number of unbranched alkanes of at least 4 members (excludes halogenated alkanes) is 3. The fraction of sp³-hybridized carbons (Fsp3) is 0.792. The van der Waals surface area contributed by atoms with Crippen LogP contribution in [0, 0.1) is 17.3 Å². The van der Waals surface area contributed by atoms with Gasteiger partial charge >= 0.3 is 5.97 Å². The molecule has 176 valence electrons. The Hall–Kier alpha value is -1.89. The molecule has 4 atom stereocenters. The summed E-state index contributed by atoms with van der Waals surface area (Å²) < 4.78 is 6.11. The smallest absolute Gasteiger partial charge is 0.303 e. The van der Waals surface area contributed by atoms with Crippen LogP contribution < -0.4 is 10.6 Å². The minimum atomic E-state index is -1.11. The van der Waals surface area contributed by atoms with Crippen molar-refractivity contribution in [3.63, 3.8) is 0 Å². The lowest BCUT2D eigenvalue weighted by atomic mass is 9.77. The quantitative estimate of drug-likeness (QED) is 0.220. The topological polar surface area (TPSA) is 105 Å². The molecular weight excluding hydrogens is 396 g/mol. The van der Waals surface area contributed by atoms with Crippen molar-refractivity contribution in [1.29, 1.82) is 0 Å². The predicted octanol–water partition coefficient (Wildman–Crippen LogP) is 3.43. The standard InChI is InChI=1S/C24H40N2O5/c1-4-5-10-15-25-22(29)24(2,3)23(30)26-16-18-17(19-13-14-20(18)31-19)11-8-6-7-9-12-21(27)28/h6,8,17-20H,4-5,7,9-16H2,1-3H3,(H,25,29)(H,26,30)(H,27,28)/b8-6-/t17-,18+,19-,20+/m1/s1. The summed E-state index contributed by atoms with van der Waals surface area (Å²) in [6.45, 7) is 6.58. The van der Waals surface area contributed by atoms with Crippen molar-refractivity contribution in [2.24, 2.45) is 17.3 Å². The number of nitrogens with one attached hydrogen (secondary N) is 2. The first-order valence-corrected chi connectivity index (χ1v) is 11.9. The molecule has 0 radical (unpaired) electrons. The Labute approximate surface area is 186 Å². The van der Waals surface area contributed by atoms with Gasteiger partial charge in [-0.2, -0.15) is 0 Å². The zero-order chi connectivity index (χ0) is 22.9. The highest BCUT2D eigenvalue weighted by molar-refractivity contribution is 6.04. The Kier molecular flexibility index (Phi) is 10.0. The molecule has 0 aliphatic carbocycles. The zero-order valence-corrected chi connectivity index (χ0v) is 19.3. The summed E-state index contributed by atoms with van der Waals surface area (Å²) in [7, 11) is 0. The van der Waals surface area contributed by atoms with Crippen molar-refractivity contribution in [3.05, 3.63) is 12.2 Å². The number of hydrogen-bond donors (Lipinski definition) is 3. The van der Waals surface area contributed by atoms with Gasteiger partial charge < -0.3 is 20.5 Å². The zero-order valence-electron chi connectivity index (χ0n) is 19.3. The number of allylic oxidation sites excluding steroid dienone is 2. The third-order valence-electron chi connectivity index (χ3n) is 6.63. The summed E-state index contributed by atoms with van der Waals surface area (Å²) in [5, 5.41) is 14.6. The lowest BCUT2D eigenvalue weighted by Crippen LogP contribution is -2.50. The van der Waals surface area contributed by atoms with E-state index in [1.807, 2.05) is 0 Å². The summed E-state index contributed by atoms with van der Waals surface area (Å²) in [6, 6.07) is 0. The van der Waals surface area contributed by atoms with E-state index in [2.05, 4.69) is 29.7 Å².